The summed E-state index contributed by atoms with van der Waals surface area (Å²) in [6, 6.07) is 7.22. The number of rotatable bonds is 13. The fourth-order valence-electron chi connectivity index (χ4n) is 2.96. The van der Waals surface area contributed by atoms with Gasteiger partial charge in [-0.1, -0.05) is 88.1 Å². The molecule has 4 nitrogen and oxygen atoms in total. The van der Waals surface area contributed by atoms with Gasteiger partial charge in [-0.05, 0) is 19.4 Å². The number of unbranched alkanes of at least 4 members (excludes halogenated alkanes) is 9. The SMILES string of the molecule is CCCCCCCCCCCCNC(=O)c1ccccc1C(C)=NO. The molecule has 1 amide bonds. The number of nitrogens with one attached hydrogen (secondary N) is 1. The zero-order chi connectivity index (χ0) is 18.3. The molecular formula is C21H34N2O2. The van der Waals surface area contributed by atoms with E-state index in [0.29, 0.717) is 23.4 Å². The third-order valence-corrected chi connectivity index (χ3v) is 4.53. The van der Waals surface area contributed by atoms with Gasteiger partial charge >= 0.3 is 0 Å². The van der Waals surface area contributed by atoms with Crippen LogP contribution >= 0.6 is 0 Å². The second kappa shape index (κ2) is 13.5. The molecule has 0 saturated carbocycles. The van der Waals surface area contributed by atoms with Crippen LogP contribution in [0, 0.1) is 0 Å². The van der Waals surface area contributed by atoms with Crippen LogP contribution < -0.4 is 5.32 Å². The molecule has 0 bridgehead atoms. The van der Waals surface area contributed by atoms with Crippen LogP contribution in [0.4, 0.5) is 0 Å². The minimum Gasteiger partial charge on any atom is -0.411 e. The van der Waals surface area contributed by atoms with Crippen molar-refractivity contribution in [2.45, 2.75) is 78.1 Å². The van der Waals surface area contributed by atoms with Gasteiger partial charge in [0.05, 0.1) is 5.71 Å². The van der Waals surface area contributed by atoms with Crippen molar-refractivity contribution in [1.29, 1.82) is 0 Å². The Hall–Kier alpha value is -1.84. The van der Waals surface area contributed by atoms with Crippen molar-refractivity contribution in [1.82, 2.24) is 5.32 Å². The van der Waals surface area contributed by atoms with Gasteiger partial charge in [0.15, 0.2) is 0 Å². The molecule has 0 heterocycles. The average Bonchev–Trinajstić information content (AvgIpc) is 2.65. The standard InChI is InChI=1S/C21H34N2O2/c1-3-4-5-6-7-8-9-10-11-14-17-22-21(24)20-16-13-12-15-19(20)18(2)23-25/h12-13,15-16,25H,3-11,14,17H2,1-2H3,(H,22,24). The van der Waals surface area contributed by atoms with E-state index in [0.717, 1.165) is 12.8 Å². The van der Waals surface area contributed by atoms with E-state index in [9.17, 15) is 4.79 Å². The van der Waals surface area contributed by atoms with Gasteiger partial charge in [-0.25, -0.2) is 0 Å². The van der Waals surface area contributed by atoms with Crippen LogP contribution in [0.15, 0.2) is 29.4 Å². The van der Waals surface area contributed by atoms with Gasteiger partial charge in [-0.15, -0.1) is 0 Å². The number of carbonyl (C=O) groups is 1. The Morgan fingerprint density at radius 2 is 1.44 bits per heavy atom. The Balaban J connectivity index is 2.16. The number of amides is 1. The predicted octanol–water partition coefficient (Wildman–Crippen LogP) is 5.54. The first-order chi connectivity index (χ1) is 12.2. The van der Waals surface area contributed by atoms with Gasteiger partial charge in [-0.3, -0.25) is 4.79 Å². The molecule has 1 aromatic carbocycles. The lowest BCUT2D eigenvalue weighted by molar-refractivity contribution is 0.0952. The molecule has 2 N–H and O–H groups in total. The summed E-state index contributed by atoms with van der Waals surface area (Å²) in [6.45, 7) is 4.63. The smallest absolute Gasteiger partial charge is 0.251 e. The van der Waals surface area contributed by atoms with E-state index in [4.69, 9.17) is 5.21 Å². The van der Waals surface area contributed by atoms with E-state index in [1.165, 1.54) is 51.4 Å². The van der Waals surface area contributed by atoms with Crippen molar-refractivity contribution < 1.29 is 10.0 Å². The number of hydrogen-bond acceptors (Lipinski definition) is 3. The second-order valence-electron chi connectivity index (χ2n) is 6.67. The molecule has 0 aliphatic heterocycles. The summed E-state index contributed by atoms with van der Waals surface area (Å²) < 4.78 is 0. The highest BCUT2D eigenvalue weighted by molar-refractivity contribution is 6.09. The number of hydrogen-bond donors (Lipinski definition) is 2. The lowest BCUT2D eigenvalue weighted by Gasteiger charge is -2.09. The molecule has 4 heteroatoms. The van der Waals surface area contributed by atoms with Gasteiger partial charge in [0, 0.05) is 17.7 Å². The van der Waals surface area contributed by atoms with Crippen LogP contribution in [0.3, 0.4) is 0 Å². The first kappa shape index (κ1) is 21.2. The minimum absolute atomic E-state index is 0.102. The summed E-state index contributed by atoms with van der Waals surface area (Å²) in [5.74, 6) is -0.102. The van der Waals surface area contributed by atoms with E-state index < -0.39 is 0 Å². The Morgan fingerprint density at radius 3 is 2.00 bits per heavy atom. The maximum Gasteiger partial charge on any atom is 0.251 e. The minimum atomic E-state index is -0.102. The molecule has 1 rings (SSSR count). The molecule has 25 heavy (non-hydrogen) atoms. The molecule has 0 unspecified atom stereocenters. The molecule has 0 fully saturated rings. The molecule has 0 spiro atoms. The van der Waals surface area contributed by atoms with Crippen LogP contribution in [0.5, 0.6) is 0 Å². The van der Waals surface area contributed by atoms with Crippen molar-refractivity contribution in [3.63, 3.8) is 0 Å². The zero-order valence-corrected chi connectivity index (χ0v) is 15.9. The van der Waals surface area contributed by atoms with E-state index in [1.807, 2.05) is 12.1 Å². The summed E-state index contributed by atoms with van der Waals surface area (Å²) in [7, 11) is 0. The average molecular weight is 347 g/mol. The molecular weight excluding hydrogens is 312 g/mol. The summed E-state index contributed by atoms with van der Waals surface area (Å²) in [4.78, 5) is 12.3. The molecule has 1 aromatic rings. The summed E-state index contributed by atoms with van der Waals surface area (Å²) >= 11 is 0. The van der Waals surface area contributed by atoms with Crippen LogP contribution in [0.2, 0.25) is 0 Å². The van der Waals surface area contributed by atoms with Gasteiger partial charge in [-0.2, -0.15) is 0 Å². The van der Waals surface area contributed by atoms with E-state index in [1.54, 1.807) is 19.1 Å². The Labute approximate surface area is 152 Å². The molecule has 0 atom stereocenters. The van der Waals surface area contributed by atoms with E-state index >= 15 is 0 Å². The van der Waals surface area contributed by atoms with Crippen LogP contribution in [-0.4, -0.2) is 23.4 Å². The van der Waals surface area contributed by atoms with Crippen molar-refractivity contribution in [2.24, 2.45) is 5.16 Å². The fourth-order valence-corrected chi connectivity index (χ4v) is 2.96. The monoisotopic (exact) mass is 346 g/mol. The molecule has 0 aliphatic carbocycles. The van der Waals surface area contributed by atoms with Crippen molar-refractivity contribution in [3.8, 4) is 0 Å². The molecule has 0 aliphatic rings. The maximum atomic E-state index is 12.3. The molecule has 0 aromatic heterocycles. The summed E-state index contributed by atoms with van der Waals surface area (Å²) in [5, 5.41) is 15.1. The number of benzene rings is 1. The van der Waals surface area contributed by atoms with Crippen molar-refractivity contribution >= 4 is 11.6 Å². The number of carbonyl (C=O) groups excluding carboxylic acids is 1. The van der Waals surface area contributed by atoms with Crippen LogP contribution in [0.1, 0.15) is 94.0 Å². The lowest BCUT2D eigenvalue weighted by atomic mass is 10.0. The highest BCUT2D eigenvalue weighted by Crippen LogP contribution is 2.12. The number of oxime groups is 1. The lowest BCUT2D eigenvalue weighted by Crippen LogP contribution is -2.26. The Bertz CT molecular complexity index is 526. The van der Waals surface area contributed by atoms with E-state index in [2.05, 4.69) is 17.4 Å². The van der Waals surface area contributed by atoms with Gasteiger partial charge < -0.3 is 10.5 Å². The third kappa shape index (κ3) is 8.71. The first-order valence-electron chi connectivity index (χ1n) is 9.77. The summed E-state index contributed by atoms with van der Waals surface area (Å²) in [6.07, 6.45) is 12.8. The zero-order valence-electron chi connectivity index (χ0n) is 15.9. The third-order valence-electron chi connectivity index (χ3n) is 4.53. The highest BCUT2D eigenvalue weighted by Gasteiger charge is 2.12. The predicted molar refractivity (Wildman–Crippen MR) is 105 cm³/mol. The van der Waals surface area contributed by atoms with Crippen LogP contribution in [0.25, 0.3) is 0 Å². The topological polar surface area (TPSA) is 61.7 Å². The maximum absolute atomic E-state index is 12.3. The van der Waals surface area contributed by atoms with Gasteiger partial charge in [0.1, 0.15) is 0 Å². The second-order valence-corrected chi connectivity index (χ2v) is 6.67. The number of nitrogens with zero attached hydrogens (tertiary/aromatic N) is 1. The fraction of sp³-hybridized carbons (Fsp3) is 0.619. The normalized spacial score (nSPS) is 11.5. The van der Waals surface area contributed by atoms with E-state index in [-0.39, 0.29) is 5.91 Å². The molecule has 140 valence electrons. The molecule has 0 saturated heterocycles. The Morgan fingerprint density at radius 1 is 0.920 bits per heavy atom. The van der Waals surface area contributed by atoms with Crippen LogP contribution in [-0.2, 0) is 0 Å². The molecule has 0 radical (unpaired) electrons. The van der Waals surface area contributed by atoms with Crippen molar-refractivity contribution in [3.05, 3.63) is 35.4 Å². The largest absolute Gasteiger partial charge is 0.411 e. The Kier molecular flexibility index (Phi) is 11.4. The van der Waals surface area contributed by atoms with Crippen molar-refractivity contribution in [2.75, 3.05) is 6.54 Å². The van der Waals surface area contributed by atoms with Gasteiger partial charge in [0.25, 0.3) is 5.91 Å². The summed E-state index contributed by atoms with van der Waals surface area (Å²) in [5.41, 5.74) is 1.68. The first-order valence-corrected chi connectivity index (χ1v) is 9.77. The van der Waals surface area contributed by atoms with Gasteiger partial charge in [0.2, 0.25) is 0 Å². The highest BCUT2D eigenvalue weighted by atomic mass is 16.4. The quantitative estimate of drug-likeness (QED) is 0.213.